The summed E-state index contributed by atoms with van der Waals surface area (Å²) in [5.74, 6) is 0.302. The van der Waals surface area contributed by atoms with Gasteiger partial charge in [0.1, 0.15) is 0 Å². The minimum Gasteiger partial charge on any atom is -0.349 e. The molecule has 1 atom stereocenters. The fraction of sp³-hybridized carbons (Fsp3) is 0.409. The van der Waals surface area contributed by atoms with E-state index in [2.05, 4.69) is 19.2 Å². The number of rotatable bonds is 10. The van der Waals surface area contributed by atoms with Gasteiger partial charge in [0.2, 0.25) is 15.9 Å². The standard InChI is InChI=1S/C22H28Cl2N2O3S/c1-16(2)14-20(17-8-5-4-6-9-17)25-22(27)10-7-13-26(30(3,28)29)21-15-18(23)11-12-19(21)24/h4-6,8-9,11-12,15-16,20H,7,10,13-14H2,1-3H3,(H,25,27)/t20-/m0/s1. The Morgan fingerprint density at radius 3 is 2.37 bits per heavy atom. The van der Waals surface area contributed by atoms with E-state index in [4.69, 9.17) is 23.2 Å². The van der Waals surface area contributed by atoms with Gasteiger partial charge in [0.15, 0.2) is 0 Å². The molecule has 0 aliphatic carbocycles. The van der Waals surface area contributed by atoms with Crippen LogP contribution in [0.1, 0.15) is 44.7 Å². The smallest absolute Gasteiger partial charge is 0.232 e. The lowest BCUT2D eigenvalue weighted by Gasteiger charge is -2.24. The normalized spacial score (nSPS) is 12.6. The van der Waals surface area contributed by atoms with E-state index < -0.39 is 10.0 Å². The largest absolute Gasteiger partial charge is 0.349 e. The Balaban J connectivity index is 2.03. The number of carbonyl (C=O) groups is 1. The van der Waals surface area contributed by atoms with Gasteiger partial charge >= 0.3 is 0 Å². The van der Waals surface area contributed by atoms with E-state index in [1.807, 2.05) is 30.3 Å². The topological polar surface area (TPSA) is 66.5 Å². The number of halogens is 2. The molecule has 0 fully saturated rings. The van der Waals surface area contributed by atoms with Crippen LogP contribution in [0.4, 0.5) is 5.69 Å². The lowest BCUT2D eigenvalue weighted by molar-refractivity contribution is -0.122. The van der Waals surface area contributed by atoms with E-state index in [9.17, 15) is 13.2 Å². The predicted octanol–water partition coefficient (Wildman–Crippen LogP) is 5.44. The first-order chi connectivity index (χ1) is 14.1. The molecule has 8 heteroatoms. The van der Waals surface area contributed by atoms with Crippen LogP contribution < -0.4 is 9.62 Å². The Morgan fingerprint density at radius 2 is 1.77 bits per heavy atom. The van der Waals surface area contributed by atoms with Crippen molar-refractivity contribution in [2.75, 3.05) is 17.1 Å². The van der Waals surface area contributed by atoms with E-state index in [1.54, 1.807) is 12.1 Å². The Hall–Kier alpha value is -1.76. The van der Waals surface area contributed by atoms with Crippen LogP contribution in [0.15, 0.2) is 48.5 Å². The minimum absolute atomic E-state index is 0.0768. The fourth-order valence-electron chi connectivity index (χ4n) is 3.23. The number of benzene rings is 2. The third-order valence-electron chi connectivity index (χ3n) is 4.59. The summed E-state index contributed by atoms with van der Waals surface area (Å²) in [6.45, 7) is 4.36. The molecule has 30 heavy (non-hydrogen) atoms. The summed E-state index contributed by atoms with van der Waals surface area (Å²) >= 11 is 12.2. The molecule has 2 rings (SSSR count). The number of hydrogen-bond acceptors (Lipinski definition) is 3. The molecular weight excluding hydrogens is 443 g/mol. The second-order valence-electron chi connectivity index (χ2n) is 7.69. The Bertz CT molecular complexity index is 950. The van der Waals surface area contributed by atoms with Crippen LogP contribution in [0.3, 0.4) is 0 Å². The average molecular weight is 471 g/mol. The number of carbonyl (C=O) groups excluding carboxylic acids is 1. The van der Waals surface area contributed by atoms with E-state index in [1.165, 1.54) is 10.4 Å². The second-order valence-corrected chi connectivity index (χ2v) is 10.4. The van der Waals surface area contributed by atoms with Crippen molar-refractivity contribution >= 4 is 44.8 Å². The molecule has 2 aromatic rings. The molecule has 1 amide bonds. The molecule has 164 valence electrons. The van der Waals surface area contributed by atoms with Gasteiger partial charge in [-0.2, -0.15) is 0 Å². The van der Waals surface area contributed by atoms with E-state index in [-0.39, 0.29) is 29.9 Å². The summed E-state index contributed by atoms with van der Waals surface area (Å²) in [7, 11) is -3.58. The van der Waals surface area contributed by atoms with Gasteiger partial charge in [-0.05, 0) is 42.5 Å². The zero-order valence-electron chi connectivity index (χ0n) is 17.4. The molecule has 0 spiro atoms. The second kappa shape index (κ2) is 11.0. The van der Waals surface area contributed by atoms with Crippen LogP contribution in [0.2, 0.25) is 10.0 Å². The zero-order valence-corrected chi connectivity index (χ0v) is 19.8. The third-order valence-corrected chi connectivity index (χ3v) is 6.32. The molecular formula is C22H28Cl2N2O3S. The number of amides is 1. The van der Waals surface area contributed by atoms with E-state index in [0.717, 1.165) is 18.2 Å². The number of sulfonamides is 1. The molecule has 0 unspecified atom stereocenters. The van der Waals surface area contributed by atoms with Gasteiger partial charge in [-0.3, -0.25) is 9.10 Å². The highest BCUT2D eigenvalue weighted by molar-refractivity contribution is 7.92. The summed E-state index contributed by atoms with van der Waals surface area (Å²) in [4.78, 5) is 12.6. The monoisotopic (exact) mass is 470 g/mol. The average Bonchev–Trinajstić information content (AvgIpc) is 2.66. The molecule has 0 heterocycles. The van der Waals surface area contributed by atoms with Crippen molar-refractivity contribution in [2.45, 2.75) is 39.2 Å². The van der Waals surface area contributed by atoms with Gasteiger partial charge in [0, 0.05) is 18.0 Å². The molecule has 1 N–H and O–H groups in total. The SMILES string of the molecule is CC(C)C[C@H](NC(=O)CCCN(c1cc(Cl)ccc1Cl)S(C)(=O)=O)c1ccccc1. The van der Waals surface area contributed by atoms with Gasteiger partial charge in [0.25, 0.3) is 0 Å². The summed E-state index contributed by atoms with van der Waals surface area (Å²) < 4.78 is 25.7. The maximum Gasteiger partial charge on any atom is 0.232 e. The van der Waals surface area contributed by atoms with E-state index in [0.29, 0.717) is 23.0 Å². The molecule has 0 bridgehead atoms. The number of anilines is 1. The molecule has 0 saturated carbocycles. The lowest BCUT2D eigenvalue weighted by atomic mass is 9.97. The van der Waals surface area contributed by atoms with Crippen LogP contribution in [-0.2, 0) is 14.8 Å². The third kappa shape index (κ3) is 7.49. The maximum absolute atomic E-state index is 12.6. The van der Waals surface area contributed by atoms with Crippen LogP contribution in [0, 0.1) is 5.92 Å². The Kier molecular flexibility index (Phi) is 9.01. The fourth-order valence-corrected chi connectivity index (χ4v) is 4.63. The Morgan fingerprint density at radius 1 is 1.10 bits per heavy atom. The quantitative estimate of drug-likeness (QED) is 0.502. The lowest BCUT2D eigenvalue weighted by Crippen LogP contribution is -2.33. The number of nitrogens with zero attached hydrogens (tertiary/aromatic N) is 1. The first-order valence-corrected chi connectivity index (χ1v) is 12.5. The Labute approximate surface area is 189 Å². The molecule has 0 aliphatic heterocycles. The van der Waals surface area contributed by atoms with Gasteiger partial charge < -0.3 is 5.32 Å². The van der Waals surface area contributed by atoms with Crippen LogP contribution >= 0.6 is 23.2 Å². The van der Waals surface area contributed by atoms with Gasteiger partial charge in [-0.1, -0.05) is 67.4 Å². The van der Waals surface area contributed by atoms with Crippen molar-refractivity contribution in [1.82, 2.24) is 5.32 Å². The first kappa shape index (κ1) is 24.5. The van der Waals surface area contributed by atoms with E-state index >= 15 is 0 Å². The molecule has 0 saturated heterocycles. The van der Waals surface area contributed by atoms with Crippen molar-refractivity contribution in [1.29, 1.82) is 0 Å². The summed E-state index contributed by atoms with van der Waals surface area (Å²) in [6.07, 6.45) is 2.48. The predicted molar refractivity (Wildman–Crippen MR) is 125 cm³/mol. The highest BCUT2D eigenvalue weighted by atomic mass is 35.5. The molecule has 2 aromatic carbocycles. The molecule has 0 radical (unpaired) electrons. The van der Waals surface area contributed by atoms with Crippen molar-refractivity contribution < 1.29 is 13.2 Å². The van der Waals surface area contributed by atoms with Crippen LogP contribution in [-0.4, -0.2) is 27.1 Å². The molecule has 5 nitrogen and oxygen atoms in total. The van der Waals surface area contributed by atoms with Crippen molar-refractivity contribution in [3.63, 3.8) is 0 Å². The van der Waals surface area contributed by atoms with Crippen LogP contribution in [0.25, 0.3) is 0 Å². The summed E-state index contributed by atoms with van der Waals surface area (Å²) in [5.41, 5.74) is 1.37. The van der Waals surface area contributed by atoms with Gasteiger partial charge in [-0.15, -0.1) is 0 Å². The summed E-state index contributed by atoms with van der Waals surface area (Å²) in [5, 5.41) is 3.76. The van der Waals surface area contributed by atoms with Gasteiger partial charge in [0.05, 0.1) is 23.0 Å². The first-order valence-electron chi connectivity index (χ1n) is 9.85. The maximum atomic E-state index is 12.6. The zero-order chi connectivity index (χ0) is 22.3. The van der Waals surface area contributed by atoms with Crippen LogP contribution in [0.5, 0.6) is 0 Å². The number of nitrogens with one attached hydrogen (secondary N) is 1. The number of hydrogen-bond donors (Lipinski definition) is 1. The van der Waals surface area contributed by atoms with Crippen molar-refractivity contribution in [2.24, 2.45) is 5.92 Å². The van der Waals surface area contributed by atoms with Crippen molar-refractivity contribution in [3.05, 3.63) is 64.1 Å². The molecule has 0 aliphatic rings. The minimum atomic E-state index is -3.58. The molecule has 0 aromatic heterocycles. The van der Waals surface area contributed by atoms with Crippen molar-refractivity contribution in [3.8, 4) is 0 Å². The highest BCUT2D eigenvalue weighted by Crippen LogP contribution is 2.31. The summed E-state index contributed by atoms with van der Waals surface area (Å²) in [6, 6.07) is 14.4. The van der Waals surface area contributed by atoms with Gasteiger partial charge in [-0.25, -0.2) is 8.42 Å². The highest BCUT2D eigenvalue weighted by Gasteiger charge is 2.21.